The van der Waals surface area contributed by atoms with Gasteiger partial charge in [0, 0.05) is 6.42 Å². The molecule has 0 aliphatic rings. The van der Waals surface area contributed by atoms with Crippen molar-refractivity contribution < 1.29 is 42.1 Å². The number of para-hydroxylation sites is 1. The van der Waals surface area contributed by atoms with Crippen LogP contribution in [-0.4, -0.2) is 29.0 Å². The molecule has 2 rings (SSSR count). The van der Waals surface area contributed by atoms with Crippen molar-refractivity contribution in [3.63, 3.8) is 0 Å². The zero-order valence-electron chi connectivity index (χ0n) is 16.6. The summed E-state index contributed by atoms with van der Waals surface area (Å²) in [6.07, 6.45) is -5.01. The maximum Gasteiger partial charge on any atom is 0.573 e. The third-order valence-corrected chi connectivity index (χ3v) is 3.62. The van der Waals surface area contributed by atoms with E-state index < -0.39 is 29.7 Å². The number of aromatic carboxylic acids is 1. The first-order valence-corrected chi connectivity index (χ1v) is 8.95. The summed E-state index contributed by atoms with van der Waals surface area (Å²) in [6, 6.07) is 9.19. The summed E-state index contributed by atoms with van der Waals surface area (Å²) in [6.45, 7) is 5.08. The van der Waals surface area contributed by atoms with E-state index in [4.69, 9.17) is 9.47 Å². The van der Waals surface area contributed by atoms with Crippen molar-refractivity contribution in [2.75, 3.05) is 0 Å². The molecule has 0 atom stereocenters. The lowest BCUT2D eigenvalue weighted by Crippen LogP contribution is -2.24. The number of rotatable bonds is 7. The van der Waals surface area contributed by atoms with E-state index >= 15 is 0 Å². The van der Waals surface area contributed by atoms with E-state index in [-0.39, 0.29) is 35.5 Å². The van der Waals surface area contributed by atoms with Gasteiger partial charge < -0.3 is 19.3 Å². The molecule has 0 aliphatic carbocycles. The van der Waals surface area contributed by atoms with Crippen LogP contribution in [0.25, 0.3) is 0 Å². The van der Waals surface area contributed by atoms with Crippen molar-refractivity contribution in [1.29, 1.82) is 0 Å². The molecular weight excluding hydrogens is 405 g/mol. The van der Waals surface area contributed by atoms with Gasteiger partial charge in [0.25, 0.3) is 0 Å². The van der Waals surface area contributed by atoms with E-state index in [0.29, 0.717) is 0 Å². The summed E-state index contributed by atoms with van der Waals surface area (Å²) in [5.41, 5.74) is -0.605. The van der Waals surface area contributed by atoms with Gasteiger partial charge in [0.15, 0.2) is 0 Å². The molecule has 0 saturated carbocycles. The maximum absolute atomic E-state index is 12.6. The minimum absolute atomic E-state index is 0.00541. The van der Waals surface area contributed by atoms with Crippen LogP contribution in [0.5, 0.6) is 17.2 Å². The van der Waals surface area contributed by atoms with E-state index in [1.807, 2.05) is 0 Å². The second-order valence-electron chi connectivity index (χ2n) is 7.31. The Morgan fingerprint density at radius 2 is 1.67 bits per heavy atom. The predicted molar refractivity (Wildman–Crippen MR) is 101 cm³/mol. The number of ether oxygens (including phenoxy) is 3. The Balaban J connectivity index is 2.32. The Bertz CT molecular complexity index is 916. The van der Waals surface area contributed by atoms with Gasteiger partial charge in [0.2, 0.25) is 0 Å². The van der Waals surface area contributed by atoms with E-state index in [1.165, 1.54) is 24.3 Å². The number of carboxylic acids is 1. The number of halogens is 3. The second-order valence-corrected chi connectivity index (χ2v) is 7.31. The molecule has 0 heterocycles. The van der Waals surface area contributed by atoms with Gasteiger partial charge in [-0.1, -0.05) is 12.1 Å². The molecule has 2 aromatic rings. The fourth-order valence-corrected chi connectivity index (χ4v) is 2.53. The quantitative estimate of drug-likeness (QED) is 0.601. The molecule has 0 spiro atoms. The van der Waals surface area contributed by atoms with E-state index in [2.05, 4.69) is 4.74 Å². The molecule has 0 fully saturated rings. The Morgan fingerprint density at radius 3 is 2.27 bits per heavy atom. The fourth-order valence-electron chi connectivity index (χ4n) is 2.53. The maximum atomic E-state index is 12.6. The predicted octanol–water partition coefficient (Wildman–Crippen LogP) is 5.35. The van der Waals surface area contributed by atoms with Gasteiger partial charge in [-0.3, -0.25) is 4.79 Å². The van der Waals surface area contributed by atoms with Crippen molar-refractivity contribution in [1.82, 2.24) is 0 Å². The molecule has 0 bridgehead atoms. The van der Waals surface area contributed by atoms with Gasteiger partial charge in [0.1, 0.15) is 28.4 Å². The lowest BCUT2D eigenvalue weighted by Gasteiger charge is -2.20. The van der Waals surface area contributed by atoms with Crippen LogP contribution in [0.15, 0.2) is 42.5 Å². The van der Waals surface area contributed by atoms with Crippen molar-refractivity contribution >= 4 is 11.9 Å². The lowest BCUT2D eigenvalue weighted by atomic mass is 10.1. The van der Waals surface area contributed by atoms with Gasteiger partial charge >= 0.3 is 18.3 Å². The van der Waals surface area contributed by atoms with Crippen LogP contribution in [0.2, 0.25) is 0 Å². The summed E-state index contributed by atoms with van der Waals surface area (Å²) in [4.78, 5) is 23.4. The van der Waals surface area contributed by atoms with Gasteiger partial charge in [0.05, 0.1) is 0 Å². The molecule has 1 N–H and O–H groups in total. The molecule has 0 aromatic heterocycles. The molecule has 162 valence electrons. The van der Waals surface area contributed by atoms with Crippen LogP contribution in [0.1, 0.15) is 43.1 Å². The van der Waals surface area contributed by atoms with Gasteiger partial charge in [-0.2, -0.15) is 0 Å². The topological polar surface area (TPSA) is 82.1 Å². The minimum atomic E-state index is -4.89. The number of hydrogen-bond acceptors (Lipinski definition) is 5. The Labute approximate surface area is 171 Å². The summed E-state index contributed by atoms with van der Waals surface area (Å²) < 4.78 is 52.5. The number of hydrogen-bond donors (Lipinski definition) is 1. The first-order valence-electron chi connectivity index (χ1n) is 8.95. The standard InChI is InChI=1S/C21H21F3O6/c1-20(2,3)30-18(25)11-8-13-12-14(29-21(22,23)24)9-10-16(13)28-17-7-5-4-6-15(17)19(26)27/h4-7,9-10,12H,8,11H2,1-3H3,(H,26,27). The Kier molecular flexibility index (Phi) is 6.96. The van der Waals surface area contributed by atoms with E-state index in [1.54, 1.807) is 26.8 Å². The third kappa shape index (κ3) is 7.31. The van der Waals surface area contributed by atoms with Crippen molar-refractivity contribution in [3.8, 4) is 17.2 Å². The number of benzene rings is 2. The smallest absolute Gasteiger partial charge is 0.478 e. The fraction of sp³-hybridized carbons (Fsp3) is 0.333. The minimum Gasteiger partial charge on any atom is -0.478 e. The Hall–Kier alpha value is -3.23. The molecule has 9 heteroatoms. The first-order chi connectivity index (χ1) is 13.8. The van der Waals surface area contributed by atoms with Gasteiger partial charge in [-0.05, 0) is 63.1 Å². The van der Waals surface area contributed by atoms with E-state index in [9.17, 15) is 27.9 Å². The summed E-state index contributed by atoms with van der Waals surface area (Å²) in [5.74, 6) is -2.14. The van der Waals surface area contributed by atoms with Gasteiger partial charge in [-0.15, -0.1) is 13.2 Å². The molecule has 30 heavy (non-hydrogen) atoms. The number of esters is 1. The molecule has 0 radical (unpaired) electrons. The van der Waals surface area contributed by atoms with Crippen LogP contribution >= 0.6 is 0 Å². The third-order valence-electron chi connectivity index (χ3n) is 3.62. The number of alkyl halides is 3. The normalized spacial score (nSPS) is 11.7. The summed E-state index contributed by atoms with van der Waals surface area (Å²) >= 11 is 0. The molecule has 0 aliphatic heterocycles. The average molecular weight is 426 g/mol. The van der Waals surface area contributed by atoms with Crippen LogP contribution in [-0.2, 0) is 16.0 Å². The number of aryl methyl sites for hydroxylation is 1. The highest BCUT2D eigenvalue weighted by Crippen LogP contribution is 2.33. The molecule has 2 aromatic carbocycles. The molecule has 0 saturated heterocycles. The number of carbonyl (C=O) groups is 2. The summed E-state index contributed by atoms with van der Waals surface area (Å²) in [7, 11) is 0. The molecule has 6 nitrogen and oxygen atoms in total. The highest BCUT2D eigenvalue weighted by molar-refractivity contribution is 5.90. The first kappa shape index (κ1) is 23.1. The number of carboxylic acid groups (broad SMARTS) is 1. The lowest BCUT2D eigenvalue weighted by molar-refractivity contribution is -0.274. The van der Waals surface area contributed by atoms with Crippen molar-refractivity contribution in [2.24, 2.45) is 0 Å². The number of carbonyl (C=O) groups excluding carboxylic acids is 1. The largest absolute Gasteiger partial charge is 0.573 e. The average Bonchev–Trinajstić information content (AvgIpc) is 2.59. The molecule has 0 amide bonds. The second kappa shape index (κ2) is 9.06. The zero-order chi connectivity index (χ0) is 22.5. The monoisotopic (exact) mass is 426 g/mol. The zero-order valence-corrected chi connectivity index (χ0v) is 16.6. The van der Waals surface area contributed by atoms with Crippen LogP contribution < -0.4 is 9.47 Å². The van der Waals surface area contributed by atoms with Crippen LogP contribution in [0.3, 0.4) is 0 Å². The Morgan fingerprint density at radius 1 is 1.00 bits per heavy atom. The van der Waals surface area contributed by atoms with Crippen LogP contribution in [0.4, 0.5) is 13.2 Å². The SMILES string of the molecule is CC(C)(C)OC(=O)CCc1cc(OC(F)(F)F)ccc1Oc1ccccc1C(=O)O. The molecular formula is C21H21F3O6. The highest BCUT2D eigenvalue weighted by Gasteiger charge is 2.31. The van der Waals surface area contributed by atoms with Crippen LogP contribution in [0, 0.1) is 0 Å². The summed E-state index contributed by atoms with van der Waals surface area (Å²) in [5, 5.41) is 9.28. The molecule has 0 unspecified atom stereocenters. The van der Waals surface area contributed by atoms with Gasteiger partial charge in [-0.25, -0.2) is 4.79 Å². The van der Waals surface area contributed by atoms with E-state index in [0.717, 1.165) is 12.1 Å². The van der Waals surface area contributed by atoms with Crippen molar-refractivity contribution in [3.05, 3.63) is 53.6 Å². The van der Waals surface area contributed by atoms with Crippen molar-refractivity contribution in [2.45, 2.75) is 45.6 Å². The highest BCUT2D eigenvalue weighted by atomic mass is 19.4.